The first-order chi connectivity index (χ1) is 12.9. The number of benzene rings is 2. The van der Waals surface area contributed by atoms with Crippen molar-refractivity contribution < 1.29 is 19.5 Å². The van der Waals surface area contributed by atoms with Gasteiger partial charge in [-0.2, -0.15) is 0 Å². The number of methoxy groups -OCH3 is 2. The average Bonchev–Trinajstić information content (AvgIpc) is 2.69. The van der Waals surface area contributed by atoms with Gasteiger partial charge in [-0.15, -0.1) is 0 Å². The molecule has 0 fully saturated rings. The number of β-amino-alcohol motifs (C(OH)–C–C–N with tert-alkyl or cyclic N) is 1. The molecule has 1 aliphatic heterocycles. The van der Waals surface area contributed by atoms with Crippen molar-refractivity contribution in [1.82, 2.24) is 4.90 Å². The Morgan fingerprint density at radius 2 is 1.96 bits per heavy atom. The number of non-ortho nitro benzene ring substituents is 1. The number of fused-ring (bicyclic) bond motifs is 1. The topological polar surface area (TPSA) is 85.1 Å². The Hall–Kier alpha value is -2.64. The molecule has 0 bridgehead atoms. The van der Waals surface area contributed by atoms with Crippen LogP contribution in [0.2, 0.25) is 0 Å². The van der Waals surface area contributed by atoms with Gasteiger partial charge in [-0.3, -0.25) is 15.0 Å². The highest BCUT2D eigenvalue weighted by Crippen LogP contribution is 2.38. The summed E-state index contributed by atoms with van der Waals surface area (Å²) < 4.78 is 10.8. The molecule has 144 valence electrons. The maximum absolute atomic E-state index is 11.0. The Labute approximate surface area is 158 Å². The lowest BCUT2D eigenvalue weighted by atomic mass is 9.92. The van der Waals surface area contributed by atoms with Crippen LogP contribution in [0.5, 0.6) is 11.5 Å². The van der Waals surface area contributed by atoms with E-state index in [9.17, 15) is 15.2 Å². The first-order valence-electron chi connectivity index (χ1n) is 8.85. The summed E-state index contributed by atoms with van der Waals surface area (Å²) in [4.78, 5) is 12.7. The van der Waals surface area contributed by atoms with E-state index < -0.39 is 11.0 Å². The summed E-state index contributed by atoms with van der Waals surface area (Å²) in [6.07, 6.45) is 0.0378. The zero-order valence-electron chi connectivity index (χ0n) is 15.7. The number of aliphatic hydroxyl groups is 1. The summed E-state index contributed by atoms with van der Waals surface area (Å²) in [6.45, 7) is 3.27. The number of rotatable bonds is 6. The fourth-order valence-corrected chi connectivity index (χ4v) is 3.62. The second kappa shape index (κ2) is 7.94. The van der Waals surface area contributed by atoms with E-state index in [4.69, 9.17) is 9.47 Å². The first-order valence-corrected chi connectivity index (χ1v) is 8.85. The molecule has 7 heteroatoms. The summed E-state index contributed by atoms with van der Waals surface area (Å²) in [5.74, 6) is 1.40. The molecule has 0 aromatic heterocycles. The van der Waals surface area contributed by atoms with Crippen LogP contribution >= 0.6 is 0 Å². The van der Waals surface area contributed by atoms with E-state index in [1.165, 1.54) is 17.7 Å². The van der Waals surface area contributed by atoms with Crippen LogP contribution in [-0.4, -0.2) is 42.2 Å². The normalized spacial score (nSPS) is 17.9. The lowest BCUT2D eigenvalue weighted by Crippen LogP contribution is -2.37. The zero-order valence-corrected chi connectivity index (χ0v) is 15.7. The molecule has 1 heterocycles. The van der Waals surface area contributed by atoms with Gasteiger partial charge >= 0.3 is 0 Å². The highest BCUT2D eigenvalue weighted by molar-refractivity contribution is 5.49. The highest BCUT2D eigenvalue weighted by Gasteiger charge is 2.28. The molecular weight excluding hydrogens is 348 g/mol. The number of hydrogen-bond donors (Lipinski definition) is 1. The van der Waals surface area contributed by atoms with Crippen molar-refractivity contribution in [3.63, 3.8) is 0 Å². The van der Waals surface area contributed by atoms with Gasteiger partial charge in [0.1, 0.15) is 0 Å². The summed E-state index contributed by atoms with van der Waals surface area (Å²) in [6, 6.07) is 10.3. The molecule has 1 N–H and O–H groups in total. The number of aliphatic hydroxyl groups excluding tert-OH is 1. The van der Waals surface area contributed by atoms with Gasteiger partial charge in [-0.25, -0.2) is 0 Å². The second-order valence-electron chi connectivity index (χ2n) is 6.69. The molecule has 7 nitrogen and oxygen atoms in total. The van der Waals surface area contributed by atoms with Crippen molar-refractivity contribution in [3.8, 4) is 11.5 Å². The largest absolute Gasteiger partial charge is 0.493 e. The summed E-state index contributed by atoms with van der Waals surface area (Å²) in [5.41, 5.74) is 2.89. The molecule has 2 aromatic carbocycles. The van der Waals surface area contributed by atoms with Crippen LogP contribution in [0.3, 0.4) is 0 Å². The SMILES string of the molecule is COc1cc2c(cc1OC)[C@H](C)N(C[C@@H](O)c1cccc([N+](=O)[O-])c1)CC2. The highest BCUT2D eigenvalue weighted by atomic mass is 16.6. The molecule has 2 atom stereocenters. The van der Waals surface area contributed by atoms with Crippen molar-refractivity contribution >= 4 is 5.69 Å². The summed E-state index contributed by atoms with van der Waals surface area (Å²) in [7, 11) is 3.24. The third-order valence-corrected chi connectivity index (χ3v) is 5.18. The average molecular weight is 372 g/mol. The lowest BCUT2D eigenvalue weighted by molar-refractivity contribution is -0.385. The minimum Gasteiger partial charge on any atom is -0.493 e. The molecule has 0 amide bonds. The van der Waals surface area contributed by atoms with Crippen LogP contribution in [-0.2, 0) is 6.42 Å². The predicted molar refractivity (Wildman–Crippen MR) is 101 cm³/mol. The Bertz CT molecular complexity index is 839. The molecule has 0 radical (unpaired) electrons. The number of hydrogen-bond acceptors (Lipinski definition) is 6. The van der Waals surface area contributed by atoms with E-state index >= 15 is 0 Å². The van der Waals surface area contributed by atoms with Gasteiger partial charge in [-0.1, -0.05) is 12.1 Å². The quantitative estimate of drug-likeness (QED) is 0.619. The molecular formula is C20H24N2O5. The molecule has 0 saturated carbocycles. The summed E-state index contributed by atoms with van der Waals surface area (Å²) >= 11 is 0. The van der Waals surface area contributed by atoms with Crippen molar-refractivity contribution in [2.75, 3.05) is 27.3 Å². The number of nitro benzene ring substituents is 1. The minimum absolute atomic E-state index is 0.0135. The van der Waals surface area contributed by atoms with E-state index in [-0.39, 0.29) is 11.7 Å². The van der Waals surface area contributed by atoms with Gasteiger partial charge in [-0.05, 0) is 42.2 Å². The number of ether oxygens (including phenoxy) is 2. The predicted octanol–water partition coefficient (Wildman–Crippen LogP) is 3.26. The minimum atomic E-state index is -0.797. The Morgan fingerprint density at radius 3 is 2.63 bits per heavy atom. The number of nitrogens with zero attached hydrogens (tertiary/aromatic N) is 2. The van der Waals surface area contributed by atoms with Gasteiger partial charge < -0.3 is 14.6 Å². The van der Waals surface area contributed by atoms with Gasteiger partial charge in [0.2, 0.25) is 0 Å². The van der Waals surface area contributed by atoms with Crippen molar-refractivity contribution in [2.24, 2.45) is 0 Å². The zero-order chi connectivity index (χ0) is 19.6. The molecule has 0 unspecified atom stereocenters. The fourth-order valence-electron chi connectivity index (χ4n) is 3.62. The number of nitro groups is 1. The Morgan fingerprint density at radius 1 is 1.26 bits per heavy atom. The smallest absolute Gasteiger partial charge is 0.269 e. The lowest BCUT2D eigenvalue weighted by Gasteiger charge is -2.36. The Kier molecular flexibility index (Phi) is 5.62. The van der Waals surface area contributed by atoms with Crippen molar-refractivity contribution in [2.45, 2.75) is 25.5 Å². The van der Waals surface area contributed by atoms with Crippen LogP contribution in [0.15, 0.2) is 36.4 Å². The van der Waals surface area contributed by atoms with E-state index in [1.54, 1.807) is 26.4 Å². The molecule has 27 heavy (non-hydrogen) atoms. The van der Waals surface area contributed by atoms with Crippen molar-refractivity contribution in [1.29, 1.82) is 0 Å². The summed E-state index contributed by atoms with van der Waals surface area (Å²) in [5, 5.41) is 21.6. The van der Waals surface area contributed by atoms with E-state index in [0.717, 1.165) is 18.5 Å². The van der Waals surface area contributed by atoms with Crippen LogP contribution in [0, 0.1) is 10.1 Å². The standard InChI is InChI=1S/C20H24N2O5/c1-13-17-11-20(27-3)19(26-2)10-14(17)7-8-21(13)12-18(23)15-5-4-6-16(9-15)22(24)25/h4-6,9-11,13,18,23H,7-8,12H2,1-3H3/t13-,18+/m0/s1. The third-order valence-electron chi connectivity index (χ3n) is 5.18. The first kappa shape index (κ1) is 19.1. The monoisotopic (exact) mass is 372 g/mol. The Balaban J connectivity index is 1.80. The van der Waals surface area contributed by atoms with Gasteiger partial charge in [0.05, 0.1) is 25.2 Å². The van der Waals surface area contributed by atoms with Crippen LogP contribution in [0.1, 0.15) is 35.8 Å². The van der Waals surface area contributed by atoms with Gasteiger partial charge in [0.25, 0.3) is 5.69 Å². The molecule has 0 saturated heterocycles. The maximum Gasteiger partial charge on any atom is 0.269 e. The molecule has 1 aliphatic rings. The molecule has 0 spiro atoms. The maximum atomic E-state index is 11.0. The van der Waals surface area contributed by atoms with E-state index in [0.29, 0.717) is 23.6 Å². The van der Waals surface area contributed by atoms with Crippen molar-refractivity contribution in [3.05, 3.63) is 63.2 Å². The third kappa shape index (κ3) is 3.89. The molecule has 3 rings (SSSR count). The molecule has 2 aromatic rings. The molecule has 0 aliphatic carbocycles. The van der Waals surface area contributed by atoms with Crippen LogP contribution in [0.25, 0.3) is 0 Å². The van der Waals surface area contributed by atoms with Gasteiger partial charge in [0, 0.05) is 31.3 Å². The second-order valence-corrected chi connectivity index (χ2v) is 6.69. The van der Waals surface area contributed by atoms with E-state index in [1.807, 2.05) is 12.1 Å². The fraction of sp³-hybridized carbons (Fsp3) is 0.400. The van der Waals surface area contributed by atoms with E-state index in [2.05, 4.69) is 11.8 Å². The van der Waals surface area contributed by atoms with Crippen LogP contribution < -0.4 is 9.47 Å². The van der Waals surface area contributed by atoms with Gasteiger partial charge in [0.15, 0.2) is 11.5 Å². The van der Waals surface area contributed by atoms with Crippen LogP contribution in [0.4, 0.5) is 5.69 Å².